The van der Waals surface area contributed by atoms with Gasteiger partial charge in [0.1, 0.15) is 17.8 Å². The molecule has 0 bridgehead atoms. The molecule has 1 aliphatic heterocycles. The minimum Gasteiger partial charge on any atom is -0.396 e. The predicted molar refractivity (Wildman–Crippen MR) is 98.3 cm³/mol. The molecular weight excluding hydrogens is 321 g/mol. The molecule has 6 nitrogen and oxygen atoms in total. The van der Waals surface area contributed by atoms with Crippen molar-refractivity contribution in [3.05, 3.63) is 11.6 Å². The monoisotopic (exact) mass is 349 g/mol. The molecule has 0 spiro atoms. The first-order valence-corrected chi connectivity index (χ1v) is 9.20. The van der Waals surface area contributed by atoms with Crippen molar-refractivity contribution in [3.8, 4) is 0 Å². The second kappa shape index (κ2) is 7.45. The fraction of sp³-hybridized carbons (Fsp3) is 0.667. The van der Waals surface area contributed by atoms with E-state index in [1.54, 1.807) is 6.07 Å². The summed E-state index contributed by atoms with van der Waals surface area (Å²) < 4.78 is 13.4. The standard InChI is InChI=1S/C18H28FN5O/c1-11-2-4-13(5-3-11)22-18(25)14-10-15(20)16(21)23-17(14)24-8-6-12(19)7-9-24/h10-13H,2-9,20H2,1H3,(H2,21,23)(H,22,25)/t11-,13-. The third-order valence-electron chi connectivity index (χ3n) is 5.38. The van der Waals surface area contributed by atoms with Gasteiger partial charge in [-0.15, -0.1) is 0 Å². The molecule has 2 heterocycles. The van der Waals surface area contributed by atoms with Crippen LogP contribution in [-0.4, -0.2) is 36.2 Å². The van der Waals surface area contributed by atoms with E-state index < -0.39 is 6.17 Å². The molecule has 0 aromatic carbocycles. The summed E-state index contributed by atoms with van der Waals surface area (Å²) in [6.07, 6.45) is 4.33. The Morgan fingerprint density at radius 3 is 2.48 bits per heavy atom. The van der Waals surface area contributed by atoms with Gasteiger partial charge in [-0.1, -0.05) is 6.92 Å². The quantitative estimate of drug-likeness (QED) is 0.779. The number of nitrogens with two attached hydrogens (primary N) is 2. The predicted octanol–water partition coefficient (Wildman–Crippen LogP) is 2.49. The second-order valence-corrected chi connectivity index (χ2v) is 7.43. The van der Waals surface area contributed by atoms with E-state index in [1.807, 2.05) is 4.90 Å². The zero-order valence-electron chi connectivity index (χ0n) is 14.8. The smallest absolute Gasteiger partial charge is 0.255 e. The van der Waals surface area contributed by atoms with Crippen molar-refractivity contribution >= 4 is 23.2 Å². The molecule has 1 aromatic heterocycles. The third kappa shape index (κ3) is 4.14. The number of rotatable bonds is 3. The molecule has 7 heteroatoms. The zero-order chi connectivity index (χ0) is 18.0. The number of anilines is 3. The van der Waals surface area contributed by atoms with E-state index in [0.29, 0.717) is 43.0 Å². The topological polar surface area (TPSA) is 97.3 Å². The van der Waals surface area contributed by atoms with Crippen LogP contribution in [0.3, 0.4) is 0 Å². The number of hydrogen-bond acceptors (Lipinski definition) is 5. The first kappa shape index (κ1) is 17.8. The van der Waals surface area contributed by atoms with Crippen molar-refractivity contribution in [2.45, 2.75) is 57.7 Å². The normalized spacial score (nSPS) is 25.0. The van der Waals surface area contributed by atoms with E-state index >= 15 is 0 Å². The Labute approximate surface area is 148 Å². The summed E-state index contributed by atoms with van der Waals surface area (Å²) in [7, 11) is 0. The van der Waals surface area contributed by atoms with Crippen molar-refractivity contribution < 1.29 is 9.18 Å². The van der Waals surface area contributed by atoms with Gasteiger partial charge in [-0.3, -0.25) is 4.79 Å². The molecule has 1 saturated heterocycles. The van der Waals surface area contributed by atoms with Crippen LogP contribution in [0.25, 0.3) is 0 Å². The minimum atomic E-state index is -0.788. The first-order valence-electron chi connectivity index (χ1n) is 9.20. The molecule has 138 valence electrons. The molecule has 1 saturated carbocycles. The van der Waals surface area contributed by atoms with Crippen molar-refractivity contribution in [1.82, 2.24) is 10.3 Å². The Morgan fingerprint density at radius 2 is 1.84 bits per heavy atom. The number of nitrogens with one attached hydrogen (secondary N) is 1. The number of halogens is 1. The van der Waals surface area contributed by atoms with Gasteiger partial charge in [-0.25, -0.2) is 9.37 Å². The molecule has 0 atom stereocenters. The van der Waals surface area contributed by atoms with E-state index in [1.165, 1.54) is 0 Å². The van der Waals surface area contributed by atoms with Gasteiger partial charge in [0.2, 0.25) is 0 Å². The number of hydrogen-bond donors (Lipinski definition) is 3. The van der Waals surface area contributed by atoms with Gasteiger partial charge in [0.05, 0.1) is 11.3 Å². The fourth-order valence-corrected chi connectivity index (χ4v) is 3.67. The van der Waals surface area contributed by atoms with Crippen LogP contribution in [0.5, 0.6) is 0 Å². The van der Waals surface area contributed by atoms with Gasteiger partial charge < -0.3 is 21.7 Å². The number of nitrogen functional groups attached to an aromatic ring is 2. The highest BCUT2D eigenvalue weighted by Crippen LogP contribution is 2.29. The Morgan fingerprint density at radius 1 is 1.20 bits per heavy atom. The number of carbonyl (C=O) groups is 1. The second-order valence-electron chi connectivity index (χ2n) is 7.43. The molecule has 25 heavy (non-hydrogen) atoms. The lowest BCUT2D eigenvalue weighted by Crippen LogP contribution is -2.40. The van der Waals surface area contributed by atoms with Crippen LogP contribution in [0.2, 0.25) is 0 Å². The summed E-state index contributed by atoms with van der Waals surface area (Å²) in [6.45, 7) is 3.30. The fourth-order valence-electron chi connectivity index (χ4n) is 3.67. The summed E-state index contributed by atoms with van der Waals surface area (Å²) >= 11 is 0. The van der Waals surface area contributed by atoms with Crippen LogP contribution in [0, 0.1) is 5.92 Å². The van der Waals surface area contributed by atoms with Crippen LogP contribution >= 0.6 is 0 Å². The maximum atomic E-state index is 13.4. The highest BCUT2D eigenvalue weighted by Gasteiger charge is 2.27. The van der Waals surface area contributed by atoms with E-state index in [2.05, 4.69) is 17.2 Å². The number of nitrogens with zero attached hydrogens (tertiary/aromatic N) is 2. The number of alkyl halides is 1. The third-order valence-corrected chi connectivity index (χ3v) is 5.38. The largest absolute Gasteiger partial charge is 0.396 e. The Hall–Kier alpha value is -2.05. The molecule has 0 unspecified atom stereocenters. The molecule has 0 radical (unpaired) electrons. The molecule has 1 amide bonds. The lowest BCUT2D eigenvalue weighted by Gasteiger charge is -2.32. The van der Waals surface area contributed by atoms with E-state index in [-0.39, 0.29) is 17.8 Å². The van der Waals surface area contributed by atoms with Gasteiger partial charge in [0.15, 0.2) is 0 Å². The number of pyridine rings is 1. The van der Waals surface area contributed by atoms with Crippen LogP contribution in [-0.2, 0) is 0 Å². The maximum absolute atomic E-state index is 13.4. The van der Waals surface area contributed by atoms with Crippen molar-refractivity contribution in [1.29, 1.82) is 0 Å². The molecule has 3 rings (SSSR count). The summed E-state index contributed by atoms with van der Waals surface area (Å²) in [5.41, 5.74) is 12.5. The summed E-state index contributed by atoms with van der Waals surface area (Å²) in [5.74, 6) is 1.27. The molecular formula is C18H28FN5O. The SMILES string of the molecule is C[C@H]1CC[C@H](NC(=O)c2cc(N)c(N)nc2N2CCC(F)CC2)CC1. The Bertz CT molecular complexity index is 622. The van der Waals surface area contributed by atoms with Gasteiger partial charge >= 0.3 is 0 Å². The van der Waals surface area contributed by atoms with Crippen LogP contribution in [0.4, 0.5) is 21.7 Å². The molecule has 5 N–H and O–H groups in total. The zero-order valence-corrected chi connectivity index (χ0v) is 14.8. The lowest BCUT2D eigenvalue weighted by atomic mass is 9.87. The van der Waals surface area contributed by atoms with E-state index in [9.17, 15) is 9.18 Å². The van der Waals surface area contributed by atoms with Crippen molar-refractivity contribution in [2.75, 3.05) is 29.5 Å². The number of carbonyl (C=O) groups excluding carboxylic acids is 1. The van der Waals surface area contributed by atoms with Crippen molar-refractivity contribution in [3.63, 3.8) is 0 Å². The summed E-state index contributed by atoms with van der Waals surface area (Å²) in [6, 6.07) is 1.78. The summed E-state index contributed by atoms with van der Waals surface area (Å²) in [5, 5.41) is 3.11. The Balaban J connectivity index is 1.79. The van der Waals surface area contributed by atoms with Gasteiger partial charge in [0, 0.05) is 19.1 Å². The molecule has 2 fully saturated rings. The van der Waals surface area contributed by atoms with E-state index in [0.717, 1.165) is 31.6 Å². The number of piperidine rings is 1. The highest BCUT2D eigenvalue weighted by atomic mass is 19.1. The number of amides is 1. The van der Waals surface area contributed by atoms with Gasteiger partial charge in [-0.2, -0.15) is 0 Å². The Kier molecular flexibility index (Phi) is 5.30. The highest BCUT2D eigenvalue weighted by molar-refractivity contribution is 6.00. The maximum Gasteiger partial charge on any atom is 0.255 e. The molecule has 1 aromatic rings. The average Bonchev–Trinajstić information content (AvgIpc) is 2.59. The summed E-state index contributed by atoms with van der Waals surface area (Å²) in [4.78, 5) is 19.1. The van der Waals surface area contributed by atoms with Crippen LogP contribution < -0.4 is 21.7 Å². The van der Waals surface area contributed by atoms with Crippen LogP contribution in [0.1, 0.15) is 55.8 Å². The molecule has 1 aliphatic carbocycles. The van der Waals surface area contributed by atoms with Crippen LogP contribution in [0.15, 0.2) is 6.07 Å². The molecule has 2 aliphatic rings. The van der Waals surface area contributed by atoms with E-state index in [4.69, 9.17) is 11.5 Å². The lowest BCUT2D eigenvalue weighted by molar-refractivity contribution is 0.0923. The van der Waals surface area contributed by atoms with Gasteiger partial charge in [-0.05, 0) is 50.5 Å². The van der Waals surface area contributed by atoms with Gasteiger partial charge in [0.25, 0.3) is 5.91 Å². The minimum absolute atomic E-state index is 0.170. The average molecular weight is 349 g/mol. The number of aromatic nitrogens is 1. The first-order chi connectivity index (χ1) is 11.9. The van der Waals surface area contributed by atoms with Crippen molar-refractivity contribution in [2.24, 2.45) is 5.92 Å².